The Hall–Kier alpha value is -2.76. The molecule has 0 aliphatic carbocycles. The van der Waals surface area contributed by atoms with E-state index in [4.69, 9.17) is 0 Å². The summed E-state index contributed by atoms with van der Waals surface area (Å²) in [5.41, 5.74) is 0. The molecule has 1 aromatic carbocycles. The van der Waals surface area contributed by atoms with Crippen molar-refractivity contribution in [2.45, 2.75) is 49.5 Å². The van der Waals surface area contributed by atoms with Gasteiger partial charge in [-0.3, -0.25) is 19.9 Å². The third-order valence-electron chi connectivity index (χ3n) is 5.00. The molecule has 0 spiro atoms. The Labute approximate surface area is 197 Å². The molecule has 1 aliphatic heterocycles. The van der Waals surface area contributed by atoms with Crippen LogP contribution in [-0.2, 0) is 32.5 Å². The monoisotopic (exact) mass is 492 g/mol. The molecule has 1 atom stereocenters. The maximum atomic E-state index is 12.5. The molecule has 0 unspecified atom stereocenters. The number of thiophene rings is 1. The van der Waals surface area contributed by atoms with E-state index >= 15 is 0 Å². The first-order chi connectivity index (χ1) is 15.8. The van der Waals surface area contributed by atoms with Crippen LogP contribution in [0.2, 0.25) is 0 Å². The van der Waals surface area contributed by atoms with Crippen LogP contribution in [-0.4, -0.2) is 50.5 Å². The van der Waals surface area contributed by atoms with E-state index in [0.29, 0.717) is 12.4 Å². The lowest BCUT2D eigenvalue weighted by Crippen LogP contribution is -2.43. The minimum Gasteiger partial charge on any atom is -0.480 e. The molecule has 0 saturated heterocycles. The molecule has 0 bridgehead atoms. The second-order valence-corrected chi connectivity index (χ2v) is 10.6. The molecule has 178 valence electrons. The van der Waals surface area contributed by atoms with Crippen LogP contribution in [0.3, 0.4) is 0 Å². The van der Waals surface area contributed by atoms with Gasteiger partial charge in [0.1, 0.15) is 6.04 Å². The van der Waals surface area contributed by atoms with E-state index in [0.717, 1.165) is 48.5 Å². The molecule has 2 aromatic rings. The highest BCUT2D eigenvalue weighted by molar-refractivity contribution is 7.89. The molecule has 3 rings (SSSR count). The standard InChI is InChI=1S/C22H28N4O5S2/c27-20(25-22-23-13-6-14-24-22)10-5-4-7-16-11-12-17(32-16)15-19(21(28)29)26-33(30,31)18-8-2-1-3-9-18/h1-3,8-9,11-12,19,26H,4-7,10,13-15H2,(H,28,29)(H2,23,24,25,27)/t19-/m0/s1. The number of carboxylic acid groups (broad SMARTS) is 1. The lowest BCUT2D eigenvalue weighted by atomic mass is 10.1. The number of unbranched alkanes of at least 4 members (excludes halogenated alkanes) is 1. The summed E-state index contributed by atoms with van der Waals surface area (Å²) >= 11 is 1.46. The molecule has 4 N–H and O–H groups in total. The fourth-order valence-corrected chi connectivity index (χ4v) is 5.61. The van der Waals surface area contributed by atoms with Crippen LogP contribution < -0.4 is 15.4 Å². The summed E-state index contributed by atoms with van der Waals surface area (Å²) in [6.07, 6.45) is 3.74. The van der Waals surface area contributed by atoms with Crippen molar-refractivity contribution in [3.05, 3.63) is 52.2 Å². The molecule has 9 nitrogen and oxygen atoms in total. The molecular formula is C22H28N4O5S2. The van der Waals surface area contributed by atoms with Gasteiger partial charge in [-0.2, -0.15) is 4.72 Å². The number of rotatable bonds is 11. The van der Waals surface area contributed by atoms with E-state index in [1.165, 1.54) is 23.5 Å². The number of benzene rings is 1. The van der Waals surface area contributed by atoms with Gasteiger partial charge in [0.2, 0.25) is 15.9 Å². The van der Waals surface area contributed by atoms with Gasteiger partial charge < -0.3 is 10.4 Å². The lowest BCUT2D eigenvalue weighted by molar-refractivity contribution is -0.138. The zero-order chi connectivity index (χ0) is 23.7. The van der Waals surface area contributed by atoms with Crippen molar-refractivity contribution in [3.63, 3.8) is 0 Å². The van der Waals surface area contributed by atoms with Crippen LogP contribution in [0, 0.1) is 0 Å². The molecular weight excluding hydrogens is 464 g/mol. The highest BCUT2D eigenvalue weighted by Crippen LogP contribution is 2.21. The van der Waals surface area contributed by atoms with Crippen LogP contribution in [0.25, 0.3) is 0 Å². The number of nitrogens with one attached hydrogen (secondary N) is 3. The number of carbonyl (C=O) groups is 2. The Morgan fingerprint density at radius 1 is 1.12 bits per heavy atom. The maximum Gasteiger partial charge on any atom is 0.322 e. The third kappa shape index (κ3) is 7.95. The molecule has 0 radical (unpaired) electrons. The van der Waals surface area contributed by atoms with Gasteiger partial charge in [0.25, 0.3) is 0 Å². The minimum atomic E-state index is -3.93. The number of sulfonamides is 1. The van der Waals surface area contributed by atoms with Crippen molar-refractivity contribution in [2.75, 3.05) is 13.1 Å². The van der Waals surface area contributed by atoms with Gasteiger partial charge in [0, 0.05) is 35.7 Å². The normalized spacial score (nSPS) is 14.7. The van der Waals surface area contributed by atoms with E-state index in [1.54, 1.807) is 18.2 Å². The van der Waals surface area contributed by atoms with Gasteiger partial charge in [0.05, 0.1) is 4.90 Å². The first-order valence-electron chi connectivity index (χ1n) is 10.8. The second-order valence-electron chi connectivity index (χ2n) is 7.66. The number of guanidine groups is 1. The number of amides is 1. The molecule has 33 heavy (non-hydrogen) atoms. The zero-order valence-electron chi connectivity index (χ0n) is 18.1. The molecule has 11 heteroatoms. The van der Waals surface area contributed by atoms with Crippen molar-refractivity contribution in [3.8, 4) is 0 Å². The van der Waals surface area contributed by atoms with Crippen LogP contribution >= 0.6 is 11.3 Å². The zero-order valence-corrected chi connectivity index (χ0v) is 19.8. The first kappa shape index (κ1) is 24.9. The average Bonchev–Trinajstić information content (AvgIpc) is 3.24. The number of nitrogens with zero attached hydrogens (tertiary/aromatic N) is 1. The van der Waals surface area contributed by atoms with Crippen LogP contribution in [0.1, 0.15) is 35.4 Å². The van der Waals surface area contributed by atoms with E-state index in [9.17, 15) is 23.1 Å². The Morgan fingerprint density at radius 2 is 1.88 bits per heavy atom. The van der Waals surface area contributed by atoms with Crippen molar-refractivity contribution >= 4 is 39.2 Å². The second kappa shape index (κ2) is 11.9. The Morgan fingerprint density at radius 3 is 2.58 bits per heavy atom. The van der Waals surface area contributed by atoms with Crippen LogP contribution in [0.5, 0.6) is 0 Å². The number of hydrogen-bond acceptors (Lipinski definition) is 7. The van der Waals surface area contributed by atoms with Crippen LogP contribution in [0.4, 0.5) is 0 Å². The van der Waals surface area contributed by atoms with Gasteiger partial charge in [-0.25, -0.2) is 8.42 Å². The largest absolute Gasteiger partial charge is 0.480 e. The number of hydrogen-bond donors (Lipinski definition) is 4. The molecule has 1 aliphatic rings. The van der Waals surface area contributed by atoms with Gasteiger partial charge in [-0.05, 0) is 49.9 Å². The van der Waals surface area contributed by atoms with Crippen molar-refractivity contribution < 1.29 is 23.1 Å². The SMILES string of the molecule is O=C(CCCCc1ccc(C[C@H](NS(=O)(=O)c2ccccc2)C(=O)O)s1)NC1=NCCCN1. The molecule has 1 aromatic heterocycles. The number of aliphatic imine (C=N–C) groups is 1. The van der Waals surface area contributed by atoms with Crippen LogP contribution in [0.15, 0.2) is 52.4 Å². The van der Waals surface area contributed by atoms with E-state index in [1.807, 2.05) is 12.1 Å². The van der Waals surface area contributed by atoms with E-state index in [2.05, 4.69) is 20.3 Å². The Bertz CT molecular complexity index is 1080. The van der Waals surface area contributed by atoms with E-state index in [-0.39, 0.29) is 17.2 Å². The van der Waals surface area contributed by atoms with Gasteiger partial charge in [0.15, 0.2) is 5.96 Å². The predicted octanol–water partition coefficient (Wildman–Crippen LogP) is 1.90. The van der Waals surface area contributed by atoms with Crippen molar-refractivity contribution in [1.82, 2.24) is 15.4 Å². The Balaban J connectivity index is 1.46. The fourth-order valence-electron chi connectivity index (χ4n) is 3.30. The highest BCUT2D eigenvalue weighted by Gasteiger charge is 2.26. The van der Waals surface area contributed by atoms with Gasteiger partial charge in [-0.15, -0.1) is 11.3 Å². The number of aryl methyl sites for hydroxylation is 1. The molecule has 0 saturated carbocycles. The van der Waals surface area contributed by atoms with E-state index < -0.39 is 22.0 Å². The summed E-state index contributed by atoms with van der Waals surface area (Å²) in [5.74, 6) is -0.748. The molecule has 2 heterocycles. The van der Waals surface area contributed by atoms with Crippen molar-refractivity contribution in [1.29, 1.82) is 0 Å². The number of aliphatic carboxylic acids is 1. The number of carbonyl (C=O) groups excluding carboxylic acids is 1. The summed E-state index contributed by atoms with van der Waals surface area (Å²) in [7, 11) is -3.93. The quantitative estimate of drug-likeness (QED) is 0.354. The predicted molar refractivity (Wildman–Crippen MR) is 127 cm³/mol. The first-order valence-corrected chi connectivity index (χ1v) is 13.1. The third-order valence-corrected chi connectivity index (χ3v) is 7.66. The summed E-state index contributed by atoms with van der Waals surface area (Å²) in [5, 5.41) is 15.3. The highest BCUT2D eigenvalue weighted by atomic mass is 32.2. The van der Waals surface area contributed by atoms with Gasteiger partial charge in [-0.1, -0.05) is 18.2 Å². The molecule has 0 fully saturated rings. The summed E-state index contributed by atoms with van der Waals surface area (Å²) in [6, 6.07) is 10.2. The number of carboxylic acids is 1. The summed E-state index contributed by atoms with van der Waals surface area (Å²) in [6.45, 7) is 1.54. The molecule has 1 amide bonds. The summed E-state index contributed by atoms with van der Waals surface area (Å²) in [4.78, 5) is 29.7. The summed E-state index contributed by atoms with van der Waals surface area (Å²) < 4.78 is 27.3. The Kier molecular flexibility index (Phi) is 8.98. The topological polar surface area (TPSA) is 137 Å². The fraction of sp³-hybridized carbons (Fsp3) is 0.409. The maximum absolute atomic E-state index is 12.5. The minimum absolute atomic E-state index is 0.0264. The lowest BCUT2D eigenvalue weighted by Gasteiger charge is -2.14. The smallest absolute Gasteiger partial charge is 0.322 e. The average molecular weight is 493 g/mol. The van der Waals surface area contributed by atoms with Gasteiger partial charge >= 0.3 is 5.97 Å². The van der Waals surface area contributed by atoms with Crippen molar-refractivity contribution in [2.24, 2.45) is 4.99 Å².